The lowest BCUT2D eigenvalue weighted by molar-refractivity contribution is 1.22. The Morgan fingerprint density at radius 1 is 1.08 bits per heavy atom. The van der Waals surface area contributed by atoms with Crippen LogP contribution in [0.5, 0.6) is 0 Å². The van der Waals surface area contributed by atoms with Gasteiger partial charge >= 0.3 is 0 Å². The van der Waals surface area contributed by atoms with Gasteiger partial charge in [-0.2, -0.15) is 0 Å². The molecule has 0 atom stereocenters. The second kappa shape index (κ2) is 4.03. The van der Waals surface area contributed by atoms with Crippen molar-refractivity contribution in [2.45, 2.75) is 27.7 Å². The zero-order valence-electron chi connectivity index (χ0n) is 8.55. The van der Waals surface area contributed by atoms with Crippen LogP contribution in [-0.4, -0.2) is 15.0 Å². The molecule has 0 saturated carbocycles. The van der Waals surface area contributed by atoms with E-state index in [1.165, 1.54) is 5.56 Å². The van der Waals surface area contributed by atoms with E-state index in [2.05, 4.69) is 15.0 Å². The molecule has 0 aliphatic rings. The molecule has 0 radical (unpaired) electrons. The minimum atomic E-state index is 0.877. The number of rotatable bonds is 0. The van der Waals surface area contributed by atoms with Crippen LogP contribution in [0.25, 0.3) is 11.2 Å². The van der Waals surface area contributed by atoms with Crippen molar-refractivity contribution in [3.05, 3.63) is 23.7 Å². The molecule has 0 aromatic carbocycles. The van der Waals surface area contributed by atoms with E-state index in [9.17, 15) is 0 Å². The third-order valence-corrected chi connectivity index (χ3v) is 1.92. The maximum atomic E-state index is 4.21. The summed E-state index contributed by atoms with van der Waals surface area (Å²) >= 11 is 0. The van der Waals surface area contributed by atoms with Crippen LogP contribution in [0.15, 0.2) is 12.4 Å². The van der Waals surface area contributed by atoms with E-state index in [1.54, 1.807) is 12.4 Å². The average molecular weight is 177 g/mol. The number of H-pyrrole nitrogens is 1. The van der Waals surface area contributed by atoms with Crippen molar-refractivity contribution in [3.8, 4) is 0 Å². The van der Waals surface area contributed by atoms with Gasteiger partial charge in [-0.1, -0.05) is 13.8 Å². The number of aromatic amines is 1. The summed E-state index contributed by atoms with van der Waals surface area (Å²) in [5.41, 5.74) is 4.19. The molecule has 13 heavy (non-hydrogen) atoms. The molecule has 0 saturated heterocycles. The summed E-state index contributed by atoms with van der Waals surface area (Å²) in [6, 6.07) is 0. The predicted molar refractivity (Wildman–Crippen MR) is 54.7 cm³/mol. The second-order valence-electron chi connectivity index (χ2n) is 2.63. The molecule has 0 aliphatic heterocycles. The highest BCUT2D eigenvalue weighted by Crippen LogP contribution is 2.15. The summed E-state index contributed by atoms with van der Waals surface area (Å²) in [6.45, 7) is 8.07. The Morgan fingerprint density at radius 3 is 2.31 bits per heavy atom. The topological polar surface area (TPSA) is 41.6 Å². The minimum absolute atomic E-state index is 0.877. The van der Waals surface area contributed by atoms with Gasteiger partial charge in [0.25, 0.3) is 0 Å². The molecular weight excluding hydrogens is 162 g/mol. The van der Waals surface area contributed by atoms with E-state index in [0.29, 0.717) is 0 Å². The van der Waals surface area contributed by atoms with Gasteiger partial charge in [-0.05, 0) is 19.4 Å². The first-order valence-corrected chi connectivity index (χ1v) is 4.55. The van der Waals surface area contributed by atoms with Gasteiger partial charge in [-0.25, -0.2) is 4.98 Å². The lowest BCUT2D eigenvalue weighted by Crippen LogP contribution is -1.77. The molecule has 0 fully saturated rings. The van der Waals surface area contributed by atoms with Crippen molar-refractivity contribution >= 4 is 11.2 Å². The fourth-order valence-electron chi connectivity index (χ4n) is 1.15. The summed E-state index contributed by atoms with van der Waals surface area (Å²) < 4.78 is 0. The molecule has 3 heteroatoms. The summed E-state index contributed by atoms with van der Waals surface area (Å²) in [6.07, 6.45) is 3.40. The van der Waals surface area contributed by atoms with Gasteiger partial charge in [-0.3, -0.25) is 4.98 Å². The summed E-state index contributed by atoms with van der Waals surface area (Å²) in [5.74, 6) is 0. The number of aromatic nitrogens is 3. The van der Waals surface area contributed by atoms with Crippen molar-refractivity contribution < 1.29 is 0 Å². The number of fused-ring (bicyclic) bond motifs is 1. The van der Waals surface area contributed by atoms with Crippen LogP contribution in [0.3, 0.4) is 0 Å². The number of hydrogen-bond acceptors (Lipinski definition) is 2. The normalized spacial score (nSPS) is 9.54. The van der Waals surface area contributed by atoms with Crippen LogP contribution in [0, 0.1) is 13.8 Å². The van der Waals surface area contributed by atoms with Crippen molar-refractivity contribution in [3.63, 3.8) is 0 Å². The van der Waals surface area contributed by atoms with E-state index in [-0.39, 0.29) is 0 Å². The number of hydrogen-bond donors (Lipinski definition) is 1. The Hall–Kier alpha value is -1.38. The zero-order valence-corrected chi connectivity index (χ0v) is 8.55. The Bertz CT molecular complexity index is 390. The molecule has 0 bridgehead atoms. The lowest BCUT2D eigenvalue weighted by Gasteiger charge is -1.86. The highest BCUT2D eigenvalue weighted by molar-refractivity contribution is 5.75. The highest BCUT2D eigenvalue weighted by Gasteiger charge is 2.03. The quantitative estimate of drug-likeness (QED) is 0.672. The van der Waals surface area contributed by atoms with Gasteiger partial charge in [0.1, 0.15) is 5.52 Å². The molecule has 2 heterocycles. The maximum Gasteiger partial charge on any atom is 0.156 e. The van der Waals surface area contributed by atoms with Crippen LogP contribution in [0.2, 0.25) is 0 Å². The molecule has 2 aromatic rings. The van der Waals surface area contributed by atoms with Crippen molar-refractivity contribution in [2.24, 2.45) is 0 Å². The van der Waals surface area contributed by atoms with Crippen molar-refractivity contribution in [2.75, 3.05) is 0 Å². The largest absolute Gasteiger partial charge is 0.342 e. The predicted octanol–water partition coefficient (Wildman–Crippen LogP) is 2.60. The molecule has 2 rings (SSSR count). The third-order valence-electron chi connectivity index (χ3n) is 1.92. The standard InChI is InChI=1S/C8H9N3.C2H6/c1-5-6(2)11-8-7(5)9-3-4-10-8;1-2/h3-4H,1-2H3,(H,10,11);1-2H3. The molecule has 70 valence electrons. The third kappa shape index (κ3) is 1.69. The molecule has 0 aliphatic carbocycles. The van der Waals surface area contributed by atoms with Crippen LogP contribution < -0.4 is 0 Å². The smallest absolute Gasteiger partial charge is 0.156 e. The Balaban J connectivity index is 0.000000396. The first-order valence-electron chi connectivity index (χ1n) is 4.55. The fourth-order valence-corrected chi connectivity index (χ4v) is 1.15. The monoisotopic (exact) mass is 177 g/mol. The van der Waals surface area contributed by atoms with Crippen molar-refractivity contribution in [1.29, 1.82) is 0 Å². The van der Waals surface area contributed by atoms with Gasteiger partial charge in [0, 0.05) is 18.1 Å². The number of nitrogens with zero attached hydrogens (tertiary/aromatic N) is 2. The van der Waals surface area contributed by atoms with Gasteiger partial charge in [0.2, 0.25) is 0 Å². The van der Waals surface area contributed by atoms with E-state index in [4.69, 9.17) is 0 Å². The fraction of sp³-hybridized carbons (Fsp3) is 0.400. The molecule has 0 amide bonds. The first-order chi connectivity index (χ1) is 6.29. The SMILES string of the molecule is CC.Cc1[nH]c2nccnc2c1C. The Kier molecular flexibility index (Phi) is 3.01. The minimum Gasteiger partial charge on any atom is -0.342 e. The first kappa shape index (κ1) is 9.71. The molecular formula is C10H15N3. The molecule has 1 N–H and O–H groups in total. The molecule has 0 spiro atoms. The molecule has 2 aromatic heterocycles. The summed E-state index contributed by atoms with van der Waals surface area (Å²) in [7, 11) is 0. The average Bonchev–Trinajstić information content (AvgIpc) is 2.47. The lowest BCUT2D eigenvalue weighted by atomic mass is 10.3. The van der Waals surface area contributed by atoms with E-state index in [1.807, 2.05) is 27.7 Å². The van der Waals surface area contributed by atoms with Gasteiger partial charge in [0.05, 0.1) is 0 Å². The maximum absolute atomic E-state index is 4.21. The Morgan fingerprint density at radius 2 is 1.69 bits per heavy atom. The van der Waals surface area contributed by atoms with Crippen LogP contribution in [0.1, 0.15) is 25.1 Å². The number of aryl methyl sites for hydroxylation is 2. The number of nitrogens with one attached hydrogen (secondary N) is 1. The van der Waals surface area contributed by atoms with Crippen LogP contribution in [0.4, 0.5) is 0 Å². The van der Waals surface area contributed by atoms with Gasteiger partial charge in [-0.15, -0.1) is 0 Å². The van der Waals surface area contributed by atoms with E-state index >= 15 is 0 Å². The van der Waals surface area contributed by atoms with Crippen LogP contribution >= 0.6 is 0 Å². The van der Waals surface area contributed by atoms with E-state index in [0.717, 1.165) is 16.9 Å². The highest BCUT2D eigenvalue weighted by atomic mass is 14.9. The summed E-state index contributed by atoms with van der Waals surface area (Å²) in [5, 5.41) is 0. The van der Waals surface area contributed by atoms with E-state index < -0.39 is 0 Å². The van der Waals surface area contributed by atoms with Gasteiger partial charge in [0.15, 0.2) is 5.65 Å². The second-order valence-corrected chi connectivity index (χ2v) is 2.63. The van der Waals surface area contributed by atoms with Gasteiger partial charge < -0.3 is 4.98 Å². The van der Waals surface area contributed by atoms with Crippen LogP contribution in [-0.2, 0) is 0 Å². The summed E-state index contributed by atoms with van der Waals surface area (Å²) in [4.78, 5) is 11.5. The molecule has 0 unspecified atom stereocenters. The Labute approximate surface area is 78.2 Å². The zero-order chi connectivity index (χ0) is 9.84. The van der Waals surface area contributed by atoms with Crippen molar-refractivity contribution in [1.82, 2.24) is 15.0 Å². The molecule has 3 nitrogen and oxygen atoms in total.